The lowest BCUT2D eigenvalue weighted by Crippen LogP contribution is -2.39. The first-order valence-corrected chi connectivity index (χ1v) is 10.5. The molecule has 0 spiro atoms. The van der Waals surface area contributed by atoms with E-state index in [1.54, 1.807) is 6.07 Å². The molecule has 4 rings (SSSR count). The third kappa shape index (κ3) is 5.26. The number of aromatic nitrogens is 2. The summed E-state index contributed by atoms with van der Waals surface area (Å²) in [6, 6.07) is 17.2. The van der Waals surface area contributed by atoms with Gasteiger partial charge in [0, 0.05) is 11.6 Å². The molecule has 0 aliphatic carbocycles. The van der Waals surface area contributed by atoms with Crippen LogP contribution in [0.5, 0.6) is 0 Å². The average molecular weight is 426 g/mol. The second-order valence-corrected chi connectivity index (χ2v) is 7.87. The largest absolute Gasteiger partial charge is 0.367 e. The summed E-state index contributed by atoms with van der Waals surface area (Å²) >= 11 is 6.05. The fraction of sp³-hybridized carbons (Fsp3) is 0.348. The maximum Gasteiger partial charge on any atom is 0.252 e. The minimum atomic E-state index is -0.169. The van der Waals surface area contributed by atoms with Crippen molar-refractivity contribution in [2.45, 2.75) is 44.9 Å². The van der Waals surface area contributed by atoms with Crippen LogP contribution < -0.4 is 0 Å². The number of hydrogen-bond acceptors (Lipinski definition) is 5. The lowest BCUT2D eigenvalue weighted by molar-refractivity contribution is -0.134. The molecule has 1 aliphatic heterocycles. The predicted molar refractivity (Wildman–Crippen MR) is 113 cm³/mol. The molecule has 1 aromatic heterocycles. The number of ether oxygens (including phenoxy) is 1. The van der Waals surface area contributed by atoms with Crippen LogP contribution in [0.15, 0.2) is 59.1 Å². The van der Waals surface area contributed by atoms with Gasteiger partial charge in [-0.2, -0.15) is 4.98 Å². The Hall–Kier alpha value is -2.70. The topological polar surface area (TPSA) is 68.5 Å². The highest BCUT2D eigenvalue weighted by Crippen LogP contribution is 2.30. The molecule has 2 heterocycles. The third-order valence-corrected chi connectivity index (χ3v) is 5.42. The number of halogens is 1. The summed E-state index contributed by atoms with van der Waals surface area (Å²) in [6.07, 6.45) is 3.13. The molecule has 1 unspecified atom stereocenters. The molecule has 6 nitrogen and oxygen atoms in total. The van der Waals surface area contributed by atoms with Crippen LogP contribution in [-0.4, -0.2) is 27.5 Å². The number of benzene rings is 2. The summed E-state index contributed by atoms with van der Waals surface area (Å²) in [6.45, 7) is 1.41. The number of nitrogens with zero attached hydrogens (tertiary/aromatic N) is 3. The maximum absolute atomic E-state index is 13.0. The van der Waals surface area contributed by atoms with Gasteiger partial charge in [0.15, 0.2) is 5.82 Å². The second-order valence-electron chi connectivity index (χ2n) is 7.43. The number of piperidine rings is 1. The highest BCUT2D eigenvalue weighted by Gasteiger charge is 2.31. The quantitative estimate of drug-likeness (QED) is 0.547. The summed E-state index contributed by atoms with van der Waals surface area (Å²) < 4.78 is 11.1. The third-order valence-electron chi connectivity index (χ3n) is 5.19. The van der Waals surface area contributed by atoms with Crippen molar-refractivity contribution in [2.75, 3.05) is 6.54 Å². The number of carbonyl (C=O) groups is 1. The van der Waals surface area contributed by atoms with E-state index in [-0.39, 0.29) is 18.6 Å². The fourth-order valence-electron chi connectivity index (χ4n) is 3.71. The molecule has 1 amide bonds. The van der Waals surface area contributed by atoms with Gasteiger partial charge in [-0.05, 0) is 42.5 Å². The van der Waals surface area contributed by atoms with Crippen LogP contribution in [0, 0.1) is 0 Å². The number of likely N-dealkylation sites (tertiary alicyclic amines) is 1. The molecular formula is C23H24ClN3O3. The van der Waals surface area contributed by atoms with Gasteiger partial charge in [0.1, 0.15) is 6.61 Å². The lowest BCUT2D eigenvalue weighted by Gasteiger charge is -2.34. The molecule has 0 saturated carbocycles. The van der Waals surface area contributed by atoms with Gasteiger partial charge in [0.25, 0.3) is 5.89 Å². The molecule has 1 saturated heterocycles. The Kier molecular flexibility index (Phi) is 6.77. The van der Waals surface area contributed by atoms with Crippen molar-refractivity contribution in [3.8, 4) is 0 Å². The van der Waals surface area contributed by atoms with Gasteiger partial charge < -0.3 is 14.2 Å². The van der Waals surface area contributed by atoms with Gasteiger partial charge in [-0.3, -0.25) is 4.79 Å². The standard InChI is InChI=1S/C23H24ClN3O3/c24-19-10-6-9-18(13-19)14-22(28)27-12-5-4-11-20(27)23-25-21(30-26-23)16-29-15-17-7-2-1-3-8-17/h1-3,6-10,13,20H,4-5,11-12,14-16H2. The zero-order chi connectivity index (χ0) is 20.8. The molecule has 156 valence electrons. The van der Waals surface area contributed by atoms with Crippen LogP contribution in [0.3, 0.4) is 0 Å². The van der Waals surface area contributed by atoms with Gasteiger partial charge in [-0.25, -0.2) is 0 Å². The number of amides is 1. The molecule has 1 aliphatic rings. The van der Waals surface area contributed by atoms with Crippen LogP contribution in [0.25, 0.3) is 0 Å². The minimum Gasteiger partial charge on any atom is -0.367 e. The summed E-state index contributed by atoms with van der Waals surface area (Å²) in [5.41, 5.74) is 1.99. The number of rotatable bonds is 7. The van der Waals surface area contributed by atoms with Crippen molar-refractivity contribution in [3.63, 3.8) is 0 Å². The van der Waals surface area contributed by atoms with Gasteiger partial charge >= 0.3 is 0 Å². The lowest BCUT2D eigenvalue weighted by atomic mass is 10.00. The number of carbonyl (C=O) groups excluding carboxylic acids is 1. The molecule has 1 fully saturated rings. The Morgan fingerprint density at radius 2 is 1.93 bits per heavy atom. The van der Waals surface area contributed by atoms with Crippen molar-refractivity contribution < 1.29 is 14.1 Å². The highest BCUT2D eigenvalue weighted by atomic mass is 35.5. The van der Waals surface area contributed by atoms with Crippen LogP contribution in [-0.2, 0) is 29.2 Å². The SMILES string of the molecule is O=C(Cc1cccc(Cl)c1)N1CCCCC1c1noc(COCc2ccccc2)n1. The molecule has 0 radical (unpaired) electrons. The summed E-state index contributed by atoms with van der Waals surface area (Å²) in [7, 11) is 0. The molecule has 1 atom stereocenters. The smallest absolute Gasteiger partial charge is 0.252 e. The molecule has 3 aromatic rings. The first-order valence-electron chi connectivity index (χ1n) is 10.2. The molecule has 30 heavy (non-hydrogen) atoms. The van der Waals surface area contributed by atoms with Crippen molar-refractivity contribution in [3.05, 3.63) is 82.5 Å². The van der Waals surface area contributed by atoms with E-state index in [0.29, 0.717) is 36.3 Å². The molecular weight excluding hydrogens is 402 g/mol. The zero-order valence-corrected chi connectivity index (χ0v) is 17.4. The van der Waals surface area contributed by atoms with E-state index in [0.717, 1.165) is 30.4 Å². The average Bonchev–Trinajstić information content (AvgIpc) is 3.23. The zero-order valence-electron chi connectivity index (χ0n) is 16.7. The van der Waals surface area contributed by atoms with Crippen molar-refractivity contribution in [1.29, 1.82) is 0 Å². The van der Waals surface area contributed by atoms with E-state index in [1.807, 2.05) is 53.4 Å². The van der Waals surface area contributed by atoms with Crippen LogP contribution >= 0.6 is 11.6 Å². The molecule has 2 aromatic carbocycles. The Bertz CT molecular complexity index is 977. The molecule has 0 N–H and O–H groups in total. The summed E-state index contributed by atoms with van der Waals surface area (Å²) in [4.78, 5) is 19.3. The van der Waals surface area contributed by atoms with Crippen LogP contribution in [0.2, 0.25) is 5.02 Å². The normalized spacial score (nSPS) is 16.6. The van der Waals surface area contributed by atoms with Gasteiger partial charge in [0.05, 0.1) is 19.1 Å². The van der Waals surface area contributed by atoms with E-state index in [2.05, 4.69) is 10.1 Å². The van der Waals surface area contributed by atoms with Crippen molar-refractivity contribution in [1.82, 2.24) is 15.0 Å². The Labute approximate surface area is 180 Å². The number of hydrogen-bond donors (Lipinski definition) is 0. The van der Waals surface area contributed by atoms with E-state index in [1.165, 1.54) is 0 Å². The Morgan fingerprint density at radius 3 is 2.77 bits per heavy atom. The van der Waals surface area contributed by atoms with Gasteiger partial charge in [0.2, 0.25) is 5.91 Å². The van der Waals surface area contributed by atoms with E-state index < -0.39 is 0 Å². The van der Waals surface area contributed by atoms with Crippen molar-refractivity contribution in [2.24, 2.45) is 0 Å². The predicted octanol–water partition coefficient (Wildman–Crippen LogP) is 4.74. The second kappa shape index (κ2) is 9.87. The van der Waals surface area contributed by atoms with Gasteiger partial charge in [-0.1, -0.05) is 59.2 Å². The first kappa shape index (κ1) is 20.6. The van der Waals surface area contributed by atoms with Crippen LogP contribution in [0.4, 0.5) is 0 Å². The summed E-state index contributed by atoms with van der Waals surface area (Å²) in [5, 5.41) is 4.77. The monoisotopic (exact) mass is 425 g/mol. The van der Waals surface area contributed by atoms with Crippen molar-refractivity contribution >= 4 is 17.5 Å². The fourth-order valence-corrected chi connectivity index (χ4v) is 3.93. The highest BCUT2D eigenvalue weighted by molar-refractivity contribution is 6.30. The molecule has 0 bridgehead atoms. The summed E-state index contributed by atoms with van der Waals surface area (Å²) in [5.74, 6) is 1.02. The Balaban J connectivity index is 1.38. The Morgan fingerprint density at radius 1 is 1.10 bits per heavy atom. The van der Waals surface area contributed by atoms with Crippen LogP contribution in [0.1, 0.15) is 48.1 Å². The van der Waals surface area contributed by atoms with E-state index in [4.69, 9.17) is 20.9 Å². The van der Waals surface area contributed by atoms with Gasteiger partial charge in [-0.15, -0.1) is 0 Å². The van der Waals surface area contributed by atoms with E-state index in [9.17, 15) is 4.79 Å². The van der Waals surface area contributed by atoms with E-state index >= 15 is 0 Å². The maximum atomic E-state index is 13.0. The first-order chi connectivity index (χ1) is 14.7. The minimum absolute atomic E-state index is 0.0497. The molecule has 7 heteroatoms.